The van der Waals surface area contributed by atoms with E-state index in [2.05, 4.69) is 10.2 Å². The van der Waals surface area contributed by atoms with Gasteiger partial charge in [-0.15, -0.1) is 0 Å². The predicted octanol–water partition coefficient (Wildman–Crippen LogP) is 0.0660. The number of rotatable bonds is 3. The number of anilines is 1. The van der Waals surface area contributed by atoms with Gasteiger partial charge in [0.15, 0.2) is 0 Å². The second kappa shape index (κ2) is 6.23. The van der Waals surface area contributed by atoms with Crippen LogP contribution in [0.5, 0.6) is 5.75 Å². The molecule has 2 fully saturated rings. The number of hydrogen-bond donors (Lipinski definition) is 2. The summed E-state index contributed by atoms with van der Waals surface area (Å²) in [4.78, 5) is 29.0. The average molecular weight is 304 g/mol. The minimum absolute atomic E-state index is 0.147. The molecule has 0 radical (unpaired) electrons. The summed E-state index contributed by atoms with van der Waals surface area (Å²) in [5.74, 6) is 0.131. The molecule has 0 aromatic heterocycles. The molecule has 0 atom stereocenters. The number of amides is 3. The Bertz CT molecular complexity index is 570. The van der Waals surface area contributed by atoms with E-state index < -0.39 is 0 Å². The SMILES string of the molecule is O=C(CN1CCN(c2ccccc2O)CC1)N1CCNC1=O. The first-order valence-corrected chi connectivity index (χ1v) is 7.48. The number of phenolic OH excluding ortho intramolecular Hbond substituents is 1. The molecule has 0 saturated carbocycles. The summed E-state index contributed by atoms with van der Waals surface area (Å²) in [6.07, 6.45) is 0. The molecule has 3 rings (SSSR count). The number of carbonyl (C=O) groups excluding carboxylic acids is 2. The molecule has 22 heavy (non-hydrogen) atoms. The second-order valence-electron chi connectivity index (χ2n) is 5.53. The highest BCUT2D eigenvalue weighted by molar-refractivity contribution is 5.96. The van der Waals surface area contributed by atoms with Crippen molar-refractivity contribution in [2.75, 3.05) is 50.7 Å². The van der Waals surface area contributed by atoms with Crippen molar-refractivity contribution in [2.24, 2.45) is 0 Å². The lowest BCUT2D eigenvalue weighted by Crippen LogP contribution is -2.50. The molecule has 0 bridgehead atoms. The molecule has 2 N–H and O–H groups in total. The van der Waals surface area contributed by atoms with Gasteiger partial charge in [0.25, 0.3) is 0 Å². The molecule has 0 aliphatic carbocycles. The number of phenols is 1. The highest BCUT2D eigenvalue weighted by atomic mass is 16.3. The lowest BCUT2D eigenvalue weighted by atomic mass is 10.2. The van der Waals surface area contributed by atoms with E-state index in [0.717, 1.165) is 31.9 Å². The standard InChI is InChI=1S/C15H20N4O3/c20-13-4-2-1-3-12(13)18-9-7-17(8-10-18)11-14(21)19-6-5-16-15(19)22/h1-4,20H,5-11H2,(H,16,22). The molecule has 7 heteroatoms. The summed E-state index contributed by atoms with van der Waals surface area (Å²) in [5, 5.41) is 12.5. The number of urea groups is 1. The monoisotopic (exact) mass is 304 g/mol. The average Bonchev–Trinajstić information content (AvgIpc) is 2.95. The zero-order valence-corrected chi connectivity index (χ0v) is 12.4. The number of carbonyl (C=O) groups is 2. The van der Waals surface area contributed by atoms with E-state index in [4.69, 9.17) is 0 Å². The van der Waals surface area contributed by atoms with Crippen LogP contribution in [0.4, 0.5) is 10.5 Å². The second-order valence-corrected chi connectivity index (χ2v) is 5.53. The number of nitrogens with one attached hydrogen (secondary N) is 1. The minimum Gasteiger partial charge on any atom is -0.506 e. The molecule has 2 aliphatic rings. The Kier molecular flexibility index (Phi) is 4.15. The molecule has 2 heterocycles. The van der Waals surface area contributed by atoms with Gasteiger partial charge in [-0.2, -0.15) is 0 Å². The first-order chi connectivity index (χ1) is 10.6. The fraction of sp³-hybridized carbons (Fsp3) is 0.467. The number of piperazine rings is 1. The van der Waals surface area contributed by atoms with Crippen LogP contribution in [0.1, 0.15) is 0 Å². The molecule has 0 unspecified atom stereocenters. The molecular weight excluding hydrogens is 284 g/mol. The van der Waals surface area contributed by atoms with Crippen LogP contribution in [0.2, 0.25) is 0 Å². The van der Waals surface area contributed by atoms with E-state index in [-0.39, 0.29) is 24.2 Å². The minimum atomic E-state index is -0.294. The van der Waals surface area contributed by atoms with Crippen LogP contribution in [-0.2, 0) is 4.79 Å². The van der Waals surface area contributed by atoms with E-state index in [0.29, 0.717) is 13.1 Å². The van der Waals surface area contributed by atoms with Crippen LogP contribution in [0.3, 0.4) is 0 Å². The van der Waals surface area contributed by atoms with Gasteiger partial charge in [-0.05, 0) is 12.1 Å². The van der Waals surface area contributed by atoms with Gasteiger partial charge in [0, 0.05) is 39.3 Å². The maximum atomic E-state index is 12.1. The van der Waals surface area contributed by atoms with Gasteiger partial charge in [-0.25, -0.2) is 4.79 Å². The highest BCUT2D eigenvalue weighted by Gasteiger charge is 2.28. The fourth-order valence-corrected chi connectivity index (χ4v) is 2.86. The van der Waals surface area contributed by atoms with Gasteiger partial charge in [0.05, 0.1) is 12.2 Å². The smallest absolute Gasteiger partial charge is 0.324 e. The zero-order chi connectivity index (χ0) is 15.5. The number of nitrogens with zero attached hydrogens (tertiary/aromatic N) is 3. The van der Waals surface area contributed by atoms with Crippen LogP contribution in [0, 0.1) is 0 Å². The lowest BCUT2D eigenvalue weighted by Gasteiger charge is -2.36. The van der Waals surface area contributed by atoms with E-state index in [1.165, 1.54) is 4.90 Å². The van der Waals surface area contributed by atoms with Gasteiger partial charge < -0.3 is 15.3 Å². The van der Waals surface area contributed by atoms with Crippen molar-refractivity contribution in [1.82, 2.24) is 15.1 Å². The van der Waals surface area contributed by atoms with Crippen LogP contribution >= 0.6 is 0 Å². The number of hydrogen-bond acceptors (Lipinski definition) is 5. The van der Waals surface area contributed by atoms with Crippen LogP contribution in [0.25, 0.3) is 0 Å². The third-order valence-electron chi connectivity index (χ3n) is 4.11. The third-order valence-corrected chi connectivity index (χ3v) is 4.11. The molecule has 1 aromatic rings. The van der Waals surface area contributed by atoms with Crippen molar-refractivity contribution in [2.45, 2.75) is 0 Å². The Hall–Kier alpha value is -2.28. The highest BCUT2D eigenvalue weighted by Crippen LogP contribution is 2.27. The summed E-state index contributed by atoms with van der Waals surface area (Å²) < 4.78 is 0. The summed E-state index contributed by atoms with van der Waals surface area (Å²) in [7, 11) is 0. The van der Waals surface area contributed by atoms with Crippen LogP contribution in [0.15, 0.2) is 24.3 Å². The lowest BCUT2D eigenvalue weighted by molar-refractivity contribution is -0.128. The Balaban J connectivity index is 1.53. The van der Waals surface area contributed by atoms with Gasteiger partial charge in [-0.3, -0.25) is 14.6 Å². The first kappa shape index (κ1) is 14.6. The molecule has 1 aromatic carbocycles. The normalized spacial score (nSPS) is 19.4. The van der Waals surface area contributed by atoms with Crippen LogP contribution in [-0.4, -0.2) is 72.7 Å². The number of benzene rings is 1. The Morgan fingerprint density at radius 2 is 1.86 bits per heavy atom. The predicted molar refractivity (Wildman–Crippen MR) is 81.9 cm³/mol. The number of imide groups is 1. The van der Waals surface area contributed by atoms with Gasteiger partial charge in [0.1, 0.15) is 5.75 Å². The van der Waals surface area contributed by atoms with Crippen molar-refractivity contribution in [3.05, 3.63) is 24.3 Å². The maximum Gasteiger partial charge on any atom is 0.324 e. The van der Waals surface area contributed by atoms with E-state index >= 15 is 0 Å². The van der Waals surface area contributed by atoms with Crippen molar-refractivity contribution < 1.29 is 14.7 Å². The summed E-state index contributed by atoms with van der Waals surface area (Å²) in [6.45, 7) is 4.21. The molecule has 2 aliphatic heterocycles. The van der Waals surface area contributed by atoms with Crippen molar-refractivity contribution in [3.63, 3.8) is 0 Å². The topological polar surface area (TPSA) is 76.1 Å². The molecule has 0 spiro atoms. The Morgan fingerprint density at radius 1 is 1.14 bits per heavy atom. The molecule has 3 amide bonds. The van der Waals surface area contributed by atoms with Gasteiger partial charge >= 0.3 is 6.03 Å². The Labute approximate surface area is 129 Å². The molecule has 7 nitrogen and oxygen atoms in total. The van der Waals surface area contributed by atoms with Crippen LogP contribution < -0.4 is 10.2 Å². The van der Waals surface area contributed by atoms with Crippen molar-refractivity contribution in [3.8, 4) is 5.75 Å². The number of aromatic hydroxyl groups is 1. The van der Waals surface area contributed by atoms with Gasteiger partial charge in [0.2, 0.25) is 5.91 Å². The summed E-state index contributed by atoms with van der Waals surface area (Å²) in [5.41, 5.74) is 0.826. The Morgan fingerprint density at radius 3 is 2.50 bits per heavy atom. The number of para-hydroxylation sites is 2. The van der Waals surface area contributed by atoms with E-state index in [1.807, 2.05) is 17.0 Å². The fourth-order valence-electron chi connectivity index (χ4n) is 2.86. The van der Waals surface area contributed by atoms with Crippen molar-refractivity contribution >= 4 is 17.6 Å². The molecular formula is C15H20N4O3. The van der Waals surface area contributed by atoms with Crippen molar-refractivity contribution in [1.29, 1.82) is 0 Å². The quantitative estimate of drug-likeness (QED) is 0.826. The first-order valence-electron chi connectivity index (χ1n) is 7.48. The maximum absolute atomic E-state index is 12.1. The molecule has 2 saturated heterocycles. The van der Waals surface area contributed by atoms with Gasteiger partial charge in [-0.1, -0.05) is 12.1 Å². The largest absolute Gasteiger partial charge is 0.506 e. The third kappa shape index (κ3) is 2.99. The van der Waals surface area contributed by atoms with E-state index in [9.17, 15) is 14.7 Å². The summed E-state index contributed by atoms with van der Waals surface area (Å²) >= 11 is 0. The zero-order valence-electron chi connectivity index (χ0n) is 12.4. The van der Waals surface area contributed by atoms with E-state index in [1.54, 1.807) is 12.1 Å². The summed E-state index contributed by atoms with van der Waals surface area (Å²) in [6, 6.07) is 6.98. The molecule has 118 valence electrons.